The van der Waals surface area contributed by atoms with Crippen molar-refractivity contribution in [1.29, 1.82) is 0 Å². The van der Waals surface area contributed by atoms with E-state index in [4.69, 9.17) is 5.84 Å². The molecule has 0 unspecified atom stereocenters. The van der Waals surface area contributed by atoms with Crippen molar-refractivity contribution in [2.75, 3.05) is 5.43 Å². The Balaban J connectivity index is 3.44. The maximum atomic E-state index is 5.40. The van der Waals surface area contributed by atoms with Gasteiger partial charge >= 0.3 is 0 Å². The van der Waals surface area contributed by atoms with Crippen molar-refractivity contribution in [3.8, 4) is 0 Å². The summed E-state index contributed by atoms with van der Waals surface area (Å²) < 4.78 is 0.765. The number of nitrogens with two attached hydrogens (primary N) is 1. The molecule has 1 aromatic heterocycles. The Bertz CT molecular complexity index is 343. The highest BCUT2D eigenvalue weighted by Crippen LogP contribution is 2.32. The van der Waals surface area contributed by atoms with Crippen molar-refractivity contribution in [2.45, 2.75) is 33.1 Å². The lowest BCUT2D eigenvalue weighted by molar-refractivity contribution is 0.581. The molecule has 1 heterocycles. The van der Waals surface area contributed by atoms with Crippen LogP contribution in [0.3, 0.4) is 0 Å². The molecule has 1 rings (SSSR count). The second-order valence-corrected chi connectivity index (χ2v) is 4.98. The van der Waals surface area contributed by atoms with Gasteiger partial charge in [-0.1, -0.05) is 20.8 Å². The third-order valence-electron chi connectivity index (χ3n) is 2.05. The normalized spacial score (nSPS) is 11.6. The Hall–Kier alpha value is -0.680. The number of hydrogen-bond donors (Lipinski definition) is 2. The fourth-order valence-corrected chi connectivity index (χ4v) is 1.80. The van der Waals surface area contributed by atoms with Crippen LogP contribution in [0, 0.1) is 6.92 Å². The maximum absolute atomic E-state index is 5.40. The number of rotatable bonds is 1. The monoisotopic (exact) mass is 258 g/mol. The van der Waals surface area contributed by atoms with Crippen molar-refractivity contribution < 1.29 is 0 Å². The molecule has 0 amide bonds. The van der Waals surface area contributed by atoms with E-state index in [0.717, 1.165) is 15.7 Å². The van der Waals surface area contributed by atoms with E-state index in [0.29, 0.717) is 5.82 Å². The van der Waals surface area contributed by atoms with Crippen LogP contribution in [0.2, 0.25) is 0 Å². The van der Waals surface area contributed by atoms with Gasteiger partial charge in [0, 0.05) is 5.56 Å². The summed E-state index contributed by atoms with van der Waals surface area (Å²) in [5.41, 5.74) is 4.72. The van der Waals surface area contributed by atoms with E-state index in [1.807, 2.05) is 6.92 Å². The van der Waals surface area contributed by atoms with Gasteiger partial charge in [-0.25, -0.2) is 5.84 Å². The third-order valence-corrected chi connectivity index (χ3v) is 2.80. The van der Waals surface area contributed by atoms with Gasteiger partial charge in [0.1, 0.15) is 4.60 Å². The van der Waals surface area contributed by atoms with Crippen LogP contribution in [0.15, 0.2) is 4.60 Å². The zero-order valence-electron chi connectivity index (χ0n) is 8.85. The minimum absolute atomic E-state index is 0.00968. The van der Waals surface area contributed by atoms with Gasteiger partial charge in [-0.2, -0.15) is 0 Å². The first-order valence-corrected chi connectivity index (χ1v) is 5.17. The molecule has 0 spiro atoms. The summed E-state index contributed by atoms with van der Waals surface area (Å²) in [5, 5.41) is 7.94. The van der Waals surface area contributed by atoms with Gasteiger partial charge in [0.2, 0.25) is 0 Å². The van der Waals surface area contributed by atoms with Gasteiger partial charge in [0.15, 0.2) is 5.82 Å². The SMILES string of the molecule is Cc1c(Br)nnc(NN)c1C(C)(C)C. The van der Waals surface area contributed by atoms with E-state index >= 15 is 0 Å². The van der Waals surface area contributed by atoms with E-state index < -0.39 is 0 Å². The average Bonchev–Trinajstić information content (AvgIpc) is 2.07. The van der Waals surface area contributed by atoms with Crippen LogP contribution in [0.25, 0.3) is 0 Å². The first kappa shape index (κ1) is 11.4. The highest BCUT2D eigenvalue weighted by molar-refractivity contribution is 9.10. The molecule has 4 nitrogen and oxygen atoms in total. The van der Waals surface area contributed by atoms with Crippen molar-refractivity contribution in [2.24, 2.45) is 5.84 Å². The predicted octanol–water partition coefficient (Wildman–Crippen LogP) is 2.13. The fraction of sp³-hybridized carbons (Fsp3) is 0.556. The highest BCUT2D eigenvalue weighted by atomic mass is 79.9. The lowest BCUT2D eigenvalue weighted by Crippen LogP contribution is -2.21. The molecule has 0 aromatic carbocycles. The maximum Gasteiger partial charge on any atom is 0.166 e. The van der Waals surface area contributed by atoms with E-state index in [9.17, 15) is 0 Å². The first-order chi connectivity index (χ1) is 6.38. The van der Waals surface area contributed by atoms with Gasteiger partial charge in [0.05, 0.1) is 0 Å². The molecule has 0 saturated heterocycles. The van der Waals surface area contributed by atoms with Gasteiger partial charge in [-0.05, 0) is 33.8 Å². The highest BCUT2D eigenvalue weighted by Gasteiger charge is 2.23. The minimum atomic E-state index is -0.00968. The Labute approximate surface area is 92.4 Å². The van der Waals surface area contributed by atoms with Crippen LogP contribution < -0.4 is 11.3 Å². The van der Waals surface area contributed by atoms with Crippen molar-refractivity contribution in [3.05, 3.63) is 15.7 Å². The van der Waals surface area contributed by atoms with E-state index in [1.54, 1.807) is 0 Å². The number of nitrogens with zero attached hydrogens (tertiary/aromatic N) is 2. The Morgan fingerprint density at radius 2 is 1.86 bits per heavy atom. The zero-order chi connectivity index (χ0) is 10.9. The smallest absolute Gasteiger partial charge is 0.166 e. The predicted molar refractivity (Wildman–Crippen MR) is 61.0 cm³/mol. The first-order valence-electron chi connectivity index (χ1n) is 4.37. The number of anilines is 1. The van der Waals surface area contributed by atoms with Crippen LogP contribution >= 0.6 is 15.9 Å². The molecule has 5 heteroatoms. The van der Waals surface area contributed by atoms with Crippen LogP contribution in [-0.2, 0) is 5.41 Å². The summed E-state index contributed by atoms with van der Waals surface area (Å²) >= 11 is 3.36. The van der Waals surface area contributed by atoms with Crippen molar-refractivity contribution >= 4 is 21.7 Å². The molecule has 1 aromatic rings. The molecular weight excluding hydrogens is 244 g/mol. The van der Waals surface area contributed by atoms with Crippen LogP contribution in [-0.4, -0.2) is 10.2 Å². The van der Waals surface area contributed by atoms with E-state index in [2.05, 4.69) is 52.3 Å². The largest absolute Gasteiger partial charge is 0.307 e. The molecule has 14 heavy (non-hydrogen) atoms. The molecule has 0 bridgehead atoms. The summed E-state index contributed by atoms with van der Waals surface area (Å²) in [7, 11) is 0. The summed E-state index contributed by atoms with van der Waals surface area (Å²) in [4.78, 5) is 0. The van der Waals surface area contributed by atoms with Crippen molar-refractivity contribution in [1.82, 2.24) is 10.2 Å². The quantitative estimate of drug-likeness (QED) is 0.599. The number of halogens is 1. The second kappa shape index (κ2) is 3.82. The zero-order valence-corrected chi connectivity index (χ0v) is 10.4. The molecule has 78 valence electrons. The molecule has 0 radical (unpaired) electrons. The minimum Gasteiger partial charge on any atom is -0.307 e. The number of aromatic nitrogens is 2. The van der Waals surface area contributed by atoms with Gasteiger partial charge < -0.3 is 5.43 Å². The third kappa shape index (κ3) is 2.04. The molecule has 0 aliphatic carbocycles. The van der Waals surface area contributed by atoms with Crippen LogP contribution in [0.5, 0.6) is 0 Å². The number of hydrogen-bond acceptors (Lipinski definition) is 4. The van der Waals surface area contributed by atoms with Gasteiger partial charge in [-0.15, -0.1) is 10.2 Å². The topological polar surface area (TPSA) is 63.8 Å². The molecule has 3 N–H and O–H groups in total. The fourth-order valence-electron chi connectivity index (χ4n) is 1.52. The molecule has 0 aliphatic rings. The number of hydrazine groups is 1. The molecule has 0 saturated carbocycles. The molecular formula is C9H15BrN4. The Morgan fingerprint density at radius 3 is 2.29 bits per heavy atom. The van der Waals surface area contributed by atoms with Gasteiger partial charge in [0.25, 0.3) is 0 Å². The Morgan fingerprint density at radius 1 is 1.29 bits per heavy atom. The summed E-state index contributed by atoms with van der Waals surface area (Å²) in [6.07, 6.45) is 0. The van der Waals surface area contributed by atoms with Gasteiger partial charge in [-0.3, -0.25) is 0 Å². The van der Waals surface area contributed by atoms with E-state index in [1.165, 1.54) is 0 Å². The van der Waals surface area contributed by atoms with Crippen molar-refractivity contribution in [3.63, 3.8) is 0 Å². The Kier molecular flexibility index (Phi) is 3.11. The molecule has 0 fully saturated rings. The standard InChI is InChI=1S/C9H15BrN4/c1-5-6(9(2,3)4)8(12-11)14-13-7(5)10/h11H2,1-4H3,(H,12,14). The summed E-state index contributed by atoms with van der Waals surface area (Å²) in [6.45, 7) is 8.35. The lowest BCUT2D eigenvalue weighted by Gasteiger charge is -2.23. The molecule has 0 aliphatic heterocycles. The average molecular weight is 259 g/mol. The summed E-state index contributed by atoms with van der Waals surface area (Å²) in [6, 6.07) is 0. The van der Waals surface area contributed by atoms with Crippen LogP contribution in [0.4, 0.5) is 5.82 Å². The number of nitrogen functional groups attached to an aromatic ring is 1. The summed E-state index contributed by atoms with van der Waals surface area (Å²) in [5.74, 6) is 6.04. The molecule has 0 atom stereocenters. The van der Waals surface area contributed by atoms with E-state index in [-0.39, 0.29) is 5.41 Å². The lowest BCUT2D eigenvalue weighted by atomic mass is 9.85. The second-order valence-electron chi connectivity index (χ2n) is 4.23. The number of nitrogens with one attached hydrogen (secondary N) is 1. The van der Waals surface area contributed by atoms with Crippen LogP contribution in [0.1, 0.15) is 31.9 Å².